The van der Waals surface area contributed by atoms with Gasteiger partial charge in [-0.25, -0.2) is 4.79 Å². The van der Waals surface area contributed by atoms with Gasteiger partial charge in [-0.2, -0.15) is 0 Å². The second kappa shape index (κ2) is 13.4. The van der Waals surface area contributed by atoms with Crippen LogP contribution >= 0.6 is 0 Å². The Morgan fingerprint density at radius 2 is 1.56 bits per heavy atom. The molecule has 0 aliphatic carbocycles. The SMILES string of the molecule is COC(=O)c1ccc(-c2ccc(CCNC(C(=O)OC(C)(C)C)[C@H](O)c3ccccc3)cc2)cc1OC(C)C. The molecule has 7 nitrogen and oxygen atoms in total. The van der Waals surface area contributed by atoms with Crippen molar-refractivity contribution in [2.45, 2.75) is 64.9 Å². The number of nitrogens with one attached hydrogen (secondary N) is 1. The molecule has 2 N–H and O–H groups in total. The van der Waals surface area contributed by atoms with Crippen molar-refractivity contribution in [1.82, 2.24) is 5.32 Å². The van der Waals surface area contributed by atoms with Crippen LogP contribution in [0.3, 0.4) is 0 Å². The topological polar surface area (TPSA) is 94.1 Å². The molecule has 0 saturated carbocycles. The van der Waals surface area contributed by atoms with Crippen molar-refractivity contribution in [3.8, 4) is 16.9 Å². The Labute approximate surface area is 231 Å². The normalized spacial score (nSPS) is 13.0. The minimum absolute atomic E-state index is 0.0940. The number of hydrogen-bond donors (Lipinski definition) is 2. The molecule has 208 valence electrons. The summed E-state index contributed by atoms with van der Waals surface area (Å²) >= 11 is 0. The molecule has 0 spiro atoms. The van der Waals surface area contributed by atoms with Crippen LogP contribution in [0.25, 0.3) is 11.1 Å². The molecule has 0 radical (unpaired) electrons. The van der Waals surface area contributed by atoms with Gasteiger partial charge in [0.05, 0.1) is 13.2 Å². The molecule has 0 amide bonds. The third-order valence-corrected chi connectivity index (χ3v) is 5.93. The first-order chi connectivity index (χ1) is 18.5. The first-order valence-electron chi connectivity index (χ1n) is 13.2. The van der Waals surface area contributed by atoms with Crippen LogP contribution in [0, 0.1) is 0 Å². The van der Waals surface area contributed by atoms with Gasteiger partial charge in [0.25, 0.3) is 0 Å². The number of carbonyl (C=O) groups is 2. The maximum absolute atomic E-state index is 12.9. The molecule has 3 aromatic carbocycles. The Morgan fingerprint density at radius 1 is 0.923 bits per heavy atom. The van der Waals surface area contributed by atoms with E-state index < -0.39 is 29.7 Å². The first-order valence-corrected chi connectivity index (χ1v) is 13.2. The largest absolute Gasteiger partial charge is 0.490 e. The Bertz CT molecular complexity index is 1230. The number of aliphatic hydroxyl groups excluding tert-OH is 1. The van der Waals surface area contributed by atoms with Crippen LogP contribution < -0.4 is 10.1 Å². The van der Waals surface area contributed by atoms with Crippen LogP contribution in [-0.2, 0) is 20.7 Å². The number of aliphatic hydroxyl groups is 1. The Morgan fingerprint density at radius 3 is 2.15 bits per heavy atom. The molecule has 3 rings (SSSR count). The fourth-order valence-corrected chi connectivity index (χ4v) is 4.10. The van der Waals surface area contributed by atoms with E-state index in [-0.39, 0.29) is 6.10 Å². The van der Waals surface area contributed by atoms with Gasteiger partial charge in [0.1, 0.15) is 29.1 Å². The molecule has 0 fully saturated rings. The summed E-state index contributed by atoms with van der Waals surface area (Å²) in [6.45, 7) is 9.69. The van der Waals surface area contributed by atoms with Gasteiger partial charge in [-0.15, -0.1) is 0 Å². The summed E-state index contributed by atoms with van der Waals surface area (Å²) in [5.74, 6) is -0.459. The lowest BCUT2D eigenvalue weighted by Crippen LogP contribution is -2.46. The summed E-state index contributed by atoms with van der Waals surface area (Å²) in [6.07, 6.45) is -0.494. The summed E-state index contributed by atoms with van der Waals surface area (Å²) in [6, 6.07) is 21.7. The van der Waals surface area contributed by atoms with E-state index in [4.69, 9.17) is 14.2 Å². The molecule has 1 unspecified atom stereocenters. The van der Waals surface area contributed by atoms with Crippen molar-refractivity contribution in [3.63, 3.8) is 0 Å². The highest BCUT2D eigenvalue weighted by Crippen LogP contribution is 2.29. The molecule has 0 aliphatic rings. The maximum atomic E-state index is 12.9. The highest BCUT2D eigenvalue weighted by Gasteiger charge is 2.31. The molecule has 0 aliphatic heterocycles. The molecular weight excluding hydrogens is 494 g/mol. The van der Waals surface area contributed by atoms with Crippen molar-refractivity contribution in [1.29, 1.82) is 0 Å². The molecule has 39 heavy (non-hydrogen) atoms. The molecule has 7 heteroatoms. The molecule has 3 aromatic rings. The zero-order chi connectivity index (χ0) is 28.6. The standard InChI is InChI=1S/C32H39NO6/c1-21(2)38-27-20-25(16-17-26(27)30(35)37-6)23-14-12-22(13-15-23)18-19-33-28(31(36)39-32(3,4)5)29(34)24-10-8-7-9-11-24/h7-17,20-21,28-29,33-34H,18-19H2,1-6H3/t28?,29-/m1/s1. The molecule has 0 heterocycles. The van der Waals surface area contributed by atoms with Crippen LogP contribution in [0.4, 0.5) is 0 Å². The Balaban J connectivity index is 1.71. The van der Waals surface area contributed by atoms with E-state index in [9.17, 15) is 14.7 Å². The highest BCUT2D eigenvalue weighted by atomic mass is 16.6. The number of hydrogen-bond acceptors (Lipinski definition) is 7. The third kappa shape index (κ3) is 8.67. The van der Waals surface area contributed by atoms with Crippen LogP contribution in [-0.4, -0.2) is 48.4 Å². The average molecular weight is 534 g/mol. The predicted octanol–water partition coefficient (Wildman–Crippen LogP) is 5.50. The minimum atomic E-state index is -1.04. The quantitative estimate of drug-likeness (QED) is 0.314. The second-order valence-electron chi connectivity index (χ2n) is 10.6. The Kier molecular flexibility index (Phi) is 10.3. The molecule has 0 bridgehead atoms. The monoisotopic (exact) mass is 533 g/mol. The van der Waals surface area contributed by atoms with Crippen molar-refractivity contribution < 1.29 is 28.9 Å². The van der Waals surface area contributed by atoms with E-state index in [1.165, 1.54) is 7.11 Å². The van der Waals surface area contributed by atoms with Gasteiger partial charge in [-0.05, 0) is 75.4 Å². The van der Waals surface area contributed by atoms with Crippen molar-refractivity contribution >= 4 is 11.9 Å². The highest BCUT2D eigenvalue weighted by molar-refractivity contribution is 5.93. The summed E-state index contributed by atoms with van der Waals surface area (Å²) in [5, 5.41) is 14.1. The third-order valence-electron chi connectivity index (χ3n) is 5.93. The number of rotatable bonds is 11. The average Bonchev–Trinajstić information content (AvgIpc) is 2.90. The maximum Gasteiger partial charge on any atom is 0.341 e. The van der Waals surface area contributed by atoms with Crippen LogP contribution in [0.1, 0.15) is 62.2 Å². The van der Waals surface area contributed by atoms with Crippen LogP contribution in [0.15, 0.2) is 72.8 Å². The number of carbonyl (C=O) groups excluding carboxylic acids is 2. The zero-order valence-corrected chi connectivity index (χ0v) is 23.6. The number of benzene rings is 3. The number of ether oxygens (including phenoxy) is 3. The summed E-state index contributed by atoms with van der Waals surface area (Å²) in [5.41, 5.74) is 3.31. The lowest BCUT2D eigenvalue weighted by Gasteiger charge is -2.27. The van der Waals surface area contributed by atoms with Gasteiger partial charge in [-0.1, -0.05) is 60.7 Å². The molecule has 0 aromatic heterocycles. The van der Waals surface area contributed by atoms with Crippen molar-refractivity contribution in [3.05, 3.63) is 89.5 Å². The second-order valence-corrected chi connectivity index (χ2v) is 10.6. The minimum Gasteiger partial charge on any atom is -0.490 e. The number of methoxy groups -OCH3 is 1. The van der Waals surface area contributed by atoms with Gasteiger partial charge in [0.15, 0.2) is 0 Å². The van der Waals surface area contributed by atoms with Crippen molar-refractivity contribution in [2.75, 3.05) is 13.7 Å². The van der Waals surface area contributed by atoms with Gasteiger partial charge >= 0.3 is 11.9 Å². The van der Waals surface area contributed by atoms with E-state index in [0.717, 1.165) is 16.7 Å². The van der Waals surface area contributed by atoms with Crippen LogP contribution in [0.5, 0.6) is 5.75 Å². The van der Waals surface area contributed by atoms with E-state index in [0.29, 0.717) is 29.8 Å². The van der Waals surface area contributed by atoms with Crippen LogP contribution in [0.2, 0.25) is 0 Å². The van der Waals surface area contributed by atoms with E-state index >= 15 is 0 Å². The summed E-state index contributed by atoms with van der Waals surface area (Å²) in [7, 11) is 1.35. The molecular formula is C32H39NO6. The predicted molar refractivity (Wildman–Crippen MR) is 152 cm³/mol. The van der Waals surface area contributed by atoms with Gasteiger partial charge in [0.2, 0.25) is 0 Å². The van der Waals surface area contributed by atoms with Gasteiger partial charge in [-0.3, -0.25) is 4.79 Å². The molecule has 2 atom stereocenters. The first kappa shape index (κ1) is 29.9. The van der Waals surface area contributed by atoms with Crippen molar-refractivity contribution in [2.24, 2.45) is 0 Å². The Hall–Kier alpha value is -3.68. The molecule has 0 saturated heterocycles. The van der Waals surface area contributed by atoms with E-state index in [1.54, 1.807) is 39.0 Å². The zero-order valence-electron chi connectivity index (χ0n) is 23.6. The summed E-state index contributed by atoms with van der Waals surface area (Å²) < 4.78 is 16.3. The lowest BCUT2D eigenvalue weighted by atomic mass is 10.00. The van der Waals surface area contributed by atoms with Gasteiger partial charge < -0.3 is 24.6 Å². The number of esters is 2. The smallest absolute Gasteiger partial charge is 0.341 e. The lowest BCUT2D eigenvalue weighted by molar-refractivity contribution is -0.160. The van der Waals surface area contributed by atoms with E-state index in [2.05, 4.69) is 5.32 Å². The fraction of sp³-hybridized carbons (Fsp3) is 0.375. The summed E-state index contributed by atoms with van der Waals surface area (Å²) in [4.78, 5) is 25.0. The van der Waals surface area contributed by atoms with Gasteiger partial charge in [0, 0.05) is 6.54 Å². The fourth-order valence-electron chi connectivity index (χ4n) is 4.10. The van der Waals surface area contributed by atoms with E-state index in [1.807, 2.05) is 68.4 Å².